The molecule has 1 saturated heterocycles. The molecule has 10 nitrogen and oxygen atoms in total. The third-order valence-corrected chi connectivity index (χ3v) is 8.61. The number of likely N-dealkylation sites (tertiary alicyclic amines) is 1. The molecule has 1 unspecified atom stereocenters. The lowest BCUT2D eigenvalue weighted by Crippen LogP contribution is -2.57. The van der Waals surface area contributed by atoms with Crippen LogP contribution < -0.4 is 10.6 Å². The van der Waals surface area contributed by atoms with Gasteiger partial charge < -0.3 is 34.9 Å². The summed E-state index contributed by atoms with van der Waals surface area (Å²) in [5.41, 5.74) is 4.64. The summed E-state index contributed by atoms with van der Waals surface area (Å²) >= 11 is 1.63. The Morgan fingerprint density at radius 3 is 2.39 bits per heavy atom. The fourth-order valence-electron chi connectivity index (χ4n) is 5.17. The molecule has 3 atom stereocenters. The van der Waals surface area contributed by atoms with Gasteiger partial charge in [0.15, 0.2) is 0 Å². The number of carbonyl (C=O) groups is 2. The van der Waals surface area contributed by atoms with E-state index in [1.807, 2.05) is 33.2 Å². The molecular formula is C33H52N4O6S. The molecule has 1 aromatic heterocycles. The first-order valence-corrected chi connectivity index (χ1v) is 16.7. The van der Waals surface area contributed by atoms with Gasteiger partial charge in [-0.05, 0) is 36.3 Å². The summed E-state index contributed by atoms with van der Waals surface area (Å²) in [6.45, 7) is 13.6. The molecule has 0 radical (unpaired) electrons. The first-order valence-electron chi connectivity index (χ1n) is 15.8. The number of aryl methyl sites for hydroxylation is 1. The number of ether oxygens (including phenoxy) is 3. The molecule has 2 aromatic rings. The van der Waals surface area contributed by atoms with E-state index in [-0.39, 0.29) is 37.6 Å². The summed E-state index contributed by atoms with van der Waals surface area (Å²) in [5, 5.41) is 16.8. The maximum atomic E-state index is 13.7. The van der Waals surface area contributed by atoms with Crippen molar-refractivity contribution in [2.75, 3.05) is 52.7 Å². The molecule has 1 aliphatic rings. The van der Waals surface area contributed by atoms with Crippen LogP contribution in [0.15, 0.2) is 29.8 Å². The van der Waals surface area contributed by atoms with Crippen molar-refractivity contribution >= 4 is 23.2 Å². The van der Waals surface area contributed by atoms with Crippen LogP contribution in [0.4, 0.5) is 0 Å². The van der Waals surface area contributed by atoms with Crippen LogP contribution >= 0.6 is 11.3 Å². The quantitative estimate of drug-likeness (QED) is 0.199. The highest BCUT2D eigenvalue weighted by atomic mass is 32.1. The average Bonchev–Trinajstić information content (AvgIpc) is 3.58. The highest BCUT2D eigenvalue weighted by Crippen LogP contribution is 2.28. The number of aliphatic hydroxyl groups excluding tert-OH is 1. The Morgan fingerprint density at radius 1 is 1.07 bits per heavy atom. The number of aliphatic hydroxyl groups is 1. The van der Waals surface area contributed by atoms with Crippen molar-refractivity contribution in [3.05, 3.63) is 41.0 Å². The Kier molecular flexibility index (Phi) is 15.2. The Hall–Kier alpha value is -2.41. The first kappa shape index (κ1) is 36.1. The number of hydrogen-bond donors (Lipinski definition) is 3. The first-order chi connectivity index (χ1) is 21.1. The van der Waals surface area contributed by atoms with Gasteiger partial charge in [0.2, 0.25) is 11.8 Å². The zero-order valence-electron chi connectivity index (χ0n) is 27.1. The van der Waals surface area contributed by atoms with E-state index in [1.54, 1.807) is 16.2 Å². The largest absolute Gasteiger partial charge is 0.391 e. The molecule has 2 amide bonds. The summed E-state index contributed by atoms with van der Waals surface area (Å²) in [5.74, 6) is -0.551. The molecule has 11 heteroatoms. The monoisotopic (exact) mass is 632 g/mol. The molecule has 0 aliphatic carbocycles. The number of amides is 2. The van der Waals surface area contributed by atoms with Gasteiger partial charge in [-0.15, -0.1) is 11.3 Å². The van der Waals surface area contributed by atoms with Crippen LogP contribution in [0.25, 0.3) is 10.4 Å². The van der Waals surface area contributed by atoms with Crippen molar-refractivity contribution in [3.8, 4) is 10.4 Å². The normalized spacial score (nSPS) is 17.6. The number of benzene rings is 1. The van der Waals surface area contributed by atoms with Crippen LogP contribution in [0.1, 0.15) is 64.6 Å². The summed E-state index contributed by atoms with van der Waals surface area (Å²) in [6, 6.07) is 7.46. The van der Waals surface area contributed by atoms with Crippen LogP contribution in [0, 0.1) is 12.3 Å². The van der Waals surface area contributed by atoms with Gasteiger partial charge in [-0.2, -0.15) is 0 Å². The highest BCUT2D eigenvalue weighted by Gasteiger charge is 2.41. The molecule has 0 spiro atoms. The van der Waals surface area contributed by atoms with E-state index >= 15 is 0 Å². The van der Waals surface area contributed by atoms with Crippen molar-refractivity contribution < 1.29 is 28.9 Å². The van der Waals surface area contributed by atoms with E-state index < -0.39 is 17.6 Å². The predicted molar refractivity (Wildman–Crippen MR) is 173 cm³/mol. The molecule has 3 rings (SSSR count). The van der Waals surface area contributed by atoms with Gasteiger partial charge in [0.05, 0.1) is 48.6 Å². The molecule has 2 heterocycles. The van der Waals surface area contributed by atoms with E-state index in [0.717, 1.165) is 29.8 Å². The topological polar surface area (TPSA) is 122 Å². The van der Waals surface area contributed by atoms with Gasteiger partial charge in [-0.3, -0.25) is 9.59 Å². The molecule has 3 N–H and O–H groups in total. The van der Waals surface area contributed by atoms with Gasteiger partial charge in [0, 0.05) is 32.3 Å². The van der Waals surface area contributed by atoms with Crippen molar-refractivity contribution in [3.63, 3.8) is 0 Å². The number of rotatable bonds is 19. The van der Waals surface area contributed by atoms with Crippen LogP contribution in [-0.2, 0) is 30.3 Å². The van der Waals surface area contributed by atoms with Gasteiger partial charge >= 0.3 is 0 Å². The Labute approximate surface area is 266 Å². The van der Waals surface area contributed by atoms with Crippen LogP contribution in [-0.4, -0.2) is 97.7 Å². The highest BCUT2D eigenvalue weighted by molar-refractivity contribution is 7.13. The predicted octanol–water partition coefficient (Wildman–Crippen LogP) is 3.94. The second-order valence-electron chi connectivity index (χ2n) is 12.5. The smallest absolute Gasteiger partial charge is 0.246 e. The third kappa shape index (κ3) is 11.8. The SMILES string of the molecule is CCCCCOCCOCCOCC(=O)N[C@H](C(=O)N1CC(O)C[C@H]1CNCc1ccc(-c2scnc2C)cc1)C(C)(C)C. The Balaban J connectivity index is 1.42. The average molecular weight is 633 g/mol. The maximum Gasteiger partial charge on any atom is 0.246 e. The molecule has 0 saturated carbocycles. The van der Waals surface area contributed by atoms with Gasteiger partial charge in [0.1, 0.15) is 12.6 Å². The van der Waals surface area contributed by atoms with E-state index in [9.17, 15) is 14.7 Å². The summed E-state index contributed by atoms with van der Waals surface area (Å²) in [6.07, 6.45) is 3.28. The van der Waals surface area contributed by atoms with Crippen molar-refractivity contribution in [1.29, 1.82) is 0 Å². The molecule has 1 fully saturated rings. The maximum absolute atomic E-state index is 13.7. The van der Waals surface area contributed by atoms with Crippen LogP contribution in [0.5, 0.6) is 0 Å². The van der Waals surface area contributed by atoms with Crippen molar-refractivity contribution in [2.45, 2.75) is 85.0 Å². The standard InChI is InChI=1S/C33H52N4O6S/c1-6-7-8-13-41-14-15-42-16-17-43-22-29(39)36-31(33(3,4)5)32(40)37-21-28(38)18-27(37)20-34-19-25-9-11-26(12-10-25)30-24(2)35-23-44-30/h9-12,23,27-28,31,34,38H,6-8,13-22H2,1-5H3,(H,36,39)/t27-,28?,31+/m0/s1. The van der Waals surface area contributed by atoms with E-state index in [2.05, 4.69) is 46.8 Å². The van der Waals surface area contributed by atoms with Gasteiger partial charge in [0.25, 0.3) is 0 Å². The lowest BCUT2D eigenvalue weighted by atomic mass is 9.85. The number of aromatic nitrogens is 1. The lowest BCUT2D eigenvalue weighted by Gasteiger charge is -2.35. The minimum Gasteiger partial charge on any atom is -0.391 e. The zero-order chi connectivity index (χ0) is 32.0. The molecule has 44 heavy (non-hydrogen) atoms. The van der Waals surface area contributed by atoms with Gasteiger partial charge in [-0.1, -0.05) is 64.8 Å². The third-order valence-electron chi connectivity index (χ3n) is 7.63. The fraction of sp³-hybridized carbons (Fsp3) is 0.667. The van der Waals surface area contributed by atoms with Crippen LogP contribution in [0.3, 0.4) is 0 Å². The molecule has 0 bridgehead atoms. The summed E-state index contributed by atoms with van der Waals surface area (Å²) in [7, 11) is 0. The number of carbonyl (C=O) groups excluding carboxylic acids is 2. The number of nitrogens with zero attached hydrogens (tertiary/aromatic N) is 2. The van der Waals surface area contributed by atoms with Gasteiger partial charge in [-0.25, -0.2) is 4.98 Å². The summed E-state index contributed by atoms with van der Waals surface area (Å²) in [4.78, 5) is 33.7. The minimum absolute atomic E-state index is 0.161. The number of nitrogens with one attached hydrogen (secondary N) is 2. The zero-order valence-corrected chi connectivity index (χ0v) is 27.9. The molecule has 1 aliphatic heterocycles. The van der Waals surface area contributed by atoms with Crippen molar-refractivity contribution in [2.24, 2.45) is 5.41 Å². The van der Waals surface area contributed by atoms with E-state index in [4.69, 9.17) is 14.2 Å². The molecule has 246 valence electrons. The Bertz CT molecular complexity index is 1140. The van der Waals surface area contributed by atoms with Crippen LogP contribution in [0.2, 0.25) is 0 Å². The lowest BCUT2D eigenvalue weighted by molar-refractivity contribution is -0.141. The minimum atomic E-state index is -0.754. The Morgan fingerprint density at radius 2 is 1.75 bits per heavy atom. The number of unbranched alkanes of at least 4 members (excludes halogenated alkanes) is 2. The summed E-state index contributed by atoms with van der Waals surface area (Å²) < 4.78 is 16.5. The number of hydrogen-bond acceptors (Lipinski definition) is 9. The van der Waals surface area contributed by atoms with Crippen molar-refractivity contribution in [1.82, 2.24) is 20.5 Å². The van der Waals surface area contributed by atoms with E-state index in [0.29, 0.717) is 39.3 Å². The van der Waals surface area contributed by atoms with E-state index in [1.165, 1.54) is 17.7 Å². The fourth-order valence-corrected chi connectivity index (χ4v) is 5.98. The number of thiazole rings is 1. The second kappa shape index (κ2) is 18.5. The molecular weight excluding hydrogens is 580 g/mol. The number of β-amino-alcohol motifs (C(OH)–C–C–N with tert-alkyl or cyclic N) is 1. The second-order valence-corrected chi connectivity index (χ2v) is 13.3. The molecule has 1 aromatic carbocycles.